The van der Waals surface area contributed by atoms with E-state index in [1.807, 2.05) is 0 Å². The molecule has 0 amide bonds. The molecule has 6 nitrogen and oxygen atoms in total. The minimum atomic E-state index is -0.422. The molecule has 1 heterocycles. The van der Waals surface area contributed by atoms with E-state index in [1.54, 1.807) is 6.07 Å². The first-order valence-electron chi connectivity index (χ1n) is 7.47. The van der Waals surface area contributed by atoms with Gasteiger partial charge in [0, 0.05) is 18.2 Å². The highest BCUT2D eigenvalue weighted by atomic mass is 16.6. The fraction of sp³-hybridized carbons (Fsp3) is 0.533. The third kappa shape index (κ3) is 2.99. The quantitative estimate of drug-likeness (QED) is 0.676. The summed E-state index contributed by atoms with van der Waals surface area (Å²) in [5.74, 6) is 0.765. The minimum absolute atomic E-state index is 0.0334. The Morgan fingerprint density at radius 3 is 3.10 bits per heavy atom. The van der Waals surface area contributed by atoms with Gasteiger partial charge in [-0.1, -0.05) is 26.2 Å². The predicted octanol–water partition coefficient (Wildman–Crippen LogP) is 4.12. The summed E-state index contributed by atoms with van der Waals surface area (Å²) >= 11 is 0. The van der Waals surface area contributed by atoms with E-state index >= 15 is 0 Å². The molecule has 2 atom stereocenters. The fourth-order valence-electron chi connectivity index (χ4n) is 3.06. The number of fused-ring (bicyclic) bond motifs is 1. The van der Waals surface area contributed by atoms with Crippen LogP contribution in [0.25, 0.3) is 11.1 Å². The second-order valence-corrected chi connectivity index (χ2v) is 5.71. The lowest BCUT2D eigenvalue weighted by Gasteiger charge is -2.28. The highest BCUT2D eigenvalue weighted by Crippen LogP contribution is 2.30. The molecule has 0 saturated heterocycles. The van der Waals surface area contributed by atoms with E-state index in [-0.39, 0.29) is 5.69 Å². The van der Waals surface area contributed by atoms with Gasteiger partial charge in [0.2, 0.25) is 0 Å². The molecule has 3 rings (SSSR count). The molecule has 112 valence electrons. The van der Waals surface area contributed by atoms with Crippen molar-refractivity contribution in [3.05, 3.63) is 28.3 Å². The van der Waals surface area contributed by atoms with Crippen LogP contribution in [0.1, 0.15) is 39.0 Å². The van der Waals surface area contributed by atoms with Gasteiger partial charge in [-0.05, 0) is 24.8 Å². The molecule has 21 heavy (non-hydrogen) atoms. The number of anilines is 1. The molecule has 6 heteroatoms. The molecular formula is C15H19N3O3. The van der Waals surface area contributed by atoms with E-state index in [4.69, 9.17) is 4.42 Å². The van der Waals surface area contributed by atoms with Crippen LogP contribution < -0.4 is 5.32 Å². The molecule has 2 aromatic rings. The monoisotopic (exact) mass is 289 g/mol. The number of non-ortho nitro benzene ring substituents is 1. The van der Waals surface area contributed by atoms with Crippen molar-refractivity contribution in [1.29, 1.82) is 0 Å². The Hall–Kier alpha value is -2.11. The Morgan fingerprint density at radius 1 is 1.48 bits per heavy atom. The molecule has 1 aromatic carbocycles. The van der Waals surface area contributed by atoms with Crippen molar-refractivity contribution in [2.24, 2.45) is 5.92 Å². The lowest BCUT2D eigenvalue weighted by Crippen LogP contribution is -2.27. The maximum absolute atomic E-state index is 10.8. The number of nitrogens with zero attached hydrogens (tertiary/aromatic N) is 2. The first kappa shape index (κ1) is 13.9. The summed E-state index contributed by atoms with van der Waals surface area (Å²) in [7, 11) is 0. The van der Waals surface area contributed by atoms with Gasteiger partial charge in [-0.25, -0.2) is 0 Å². The first-order valence-corrected chi connectivity index (χ1v) is 7.47. The minimum Gasteiger partial charge on any atom is -0.424 e. The van der Waals surface area contributed by atoms with Crippen LogP contribution >= 0.6 is 0 Å². The number of nitrogens with one attached hydrogen (secondary N) is 1. The molecule has 0 bridgehead atoms. The van der Waals surface area contributed by atoms with Gasteiger partial charge in [0.1, 0.15) is 5.52 Å². The standard InChI is InChI=1S/C15H19N3O3/c1-2-10-4-3-5-11(8-10)16-15-17-13-9-12(18(19)20)6-7-14(13)21-15/h6-7,9-11H,2-5,8H2,1H3,(H,16,17). The van der Waals surface area contributed by atoms with Crippen LogP contribution in [0.5, 0.6) is 0 Å². The molecule has 0 spiro atoms. The average Bonchev–Trinajstić information content (AvgIpc) is 2.88. The van der Waals surface area contributed by atoms with E-state index in [9.17, 15) is 10.1 Å². The molecule has 1 aliphatic carbocycles. The molecule has 0 aliphatic heterocycles. The Bertz CT molecular complexity index is 653. The predicted molar refractivity (Wildman–Crippen MR) is 80.3 cm³/mol. The third-order valence-electron chi connectivity index (χ3n) is 4.27. The number of nitro groups is 1. The maximum Gasteiger partial charge on any atom is 0.295 e. The van der Waals surface area contributed by atoms with Gasteiger partial charge in [0.15, 0.2) is 5.58 Å². The van der Waals surface area contributed by atoms with Crippen molar-refractivity contribution in [3.63, 3.8) is 0 Å². The van der Waals surface area contributed by atoms with Crippen LogP contribution in [-0.2, 0) is 0 Å². The number of aromatic nitrogens is 1. The van der Waals surface area contributed by atoms with Crippen molar-refractivity contribution >= 4 is 22.8 Å². The van der Waals surface area contributed by atoms with Crippen molar-refractivity contribution in [1.82, 2.24) is 4.98 Å². The number of hydrogen-bond acceptors (Lipinski definition) is 5. The fourth-order valence-corrected chi connectivity index (χ4v) is 3.06. The van der Waals surface area contributed by atoms with E-state index in [0.29, 0.717) is 23.2 Å². The van der Waals surface area contributed by atoms with Crippen LogP contribution in [-0.4, -0.2) is 15.9 Å². The Morgan fingerprint density at radius 2 is 2.33 bits per heavy atom. The first-order chi connectivity index (χ1) is 10.2. The topological polar surface area (TPSA) is 81.2 Å². The summed E-state index contributed by atoms with van der Waals surface area (Å²) in [6.45, 7) is 2.23. The molecular weight excluding hydrogens is 270 g/mol. The molecule has 2 unspecified atom stereocenters. The van der Waals surface area contributed by atoms with Crippen LogP contribution in [0.4, 0.5) is 11.7 Å². The third-order valence-corrected chi connectivity index (χ3v) is 4.27. The molecule has 1 saturated carbocycles. The maximum atomic E-state index is 10.8. The average molecular weight is 289 g/mol. The zero-order valence-corrected chi connectivity index (χ0v) is 12.0. The van der Waals surface area contributed by atoms with E-state index < -0.39 is 4.92 Å². The van der Waals surface area contributed by atoms with Gasteiger partial charge in [-0.2, -0.15) is 4.98 Å². The van der Waals surface area contributed by atoms with Gasteiger partial charge >= 0.3 is 0 Å². The summed E-state index contributed by atoms with van der Waals surface area (Å²) in [6.07, 6.45) is 5.99. The van der Waals surface area contributed by atoms with Crippen molar-refractivity contribution in [2.45, 2.75) is 45.1 Å². The molecule has 1 aliphatic rings. The summed E-state index contributed by atoms with van der Waals surface area (Å²) in [4.78, 5) is 14.7. The number of oxazole rings is 1. The molecule has 1 fully saturated rings. The Labute approximate surface area is 122 Å². The van der Waals surface area contributed by atoms with E-state index in [2.05, 4.69) is 17.2 Å². The smallest absolute Gasteiger partial charge is 0.295 e. The van der Waals surface area contributed by atoms with Gasteiger partial charge < -0.3 is 9.73 Å². The number of rotatable bonds is 4. The van der Waals surface area contributed by atoms with E-state index in [0.717, 1.165) is 18.8 Å². The van der Waals surface area contributed by atoms with Gasteiger partial charge in [0.25, 0.3) is 11.7 Å². The van der Waals surface area contributed by atoms with Gasteiger partial charge in [-0.3, -0.25) is 10.1 Å². The number of benzene rings is 1. The van der Waals surface area contributed by atoms with Crippen LogP contribution in [0, 0.1) is 16.0 Å². The second-order valence-electron chi connectivity index (χ2n) is 5.71. The SMILES string of the molecule is CCC1CCCC(Nc2nc3cc([N+](=O)[O-])ccc3o2)C1. The Balaban J connectivity index is 1.76. The van der Waals surface area contributed by atoms with E-state index in [1.165, 1.54) is 31.4 Å². The van der Waals surface area contributed by atoms with Crippen molar-refractivity contribution < 1.29 is 9.34 Å². The number of nitro benzene ring substituents is 1. The van der Waals surface area contributed by atoms with Crippen LogP contribution in [0.15, 0.2) is 22.6 Å². The lowest BCUT2D eigenvalue weighted by atomic mass is 9.84. The summed E-state index contributed by atoms with van der Waals surface area (Å²) < 4.78 is 5.63. The number of hydrogen-bond donors (Lipinski definition) is 1. The van der Waals surface area contributed by atoms with Crippen LogP contribution in [0.3, 0.4) is 0 Å². The highest BCUT2D eigenvalue weighted by Gasteiger charge is 2.22. The van der Waals surface area contributed by atoms with Crippen molar-refractivity contribution in [2.75, 3.05) is 5.32 Å². The Kier molecular flexibility index (Phi) is 3.77. The highest BCUT2D eigenvalue weighted by molar-refractivity contribution is 5.77. The zero-order valence-electron chi connectivity index (χ0n) is 12.0. The summed E-state index contributed by atoms with van der Waals surface area (Å²) in [5.41, 5.74) is 1.13. The van der Waals surface area contributed by atoms with Crippen molar-refractivity contribution in [3.8, 4) is 0 Å². The zero-order chi connectivity index (χ0) is 14.8. The molecule has 1 aromatic heterocycles. The largest absolute Gasteiger partial charge is 0.424 e. The normalized spacial score (nSPS) is 22.3. The molecule has 1 N–H and O–H groups in total. The van der Waals surface area contributed by atoms with Crippen LogP contribution in [0.2, 0.25) is 0 Å². The summed E-state index contributed by atoms with van der Waals surface area (Å²) in [6, 6.07) is 5.32. The lowest BCUT2D eigenvalue weighted by molar-refractivity contribution is -0.384. The summed E-state index contributed by atoms with van der Waals surface area (Å²) in [5, 5.41) is 14.1. The van der Waals surface area contributed by atoms with Gasteiger partial charge in [0.05, 0.1) is 4.92 Å². The van der Waals surface area contributed by atoms with Gasteiger partial charge in [-0.15, -0.1) is 0 Å². The second kappa shape index (κ2) is 5.71. The molecule has 0 radical (unpaired) electrons.